The van der Waals surface area contributed by atoms with Crippen LogP contribution >= 0.6 is 0 Å². The van der Waals surface area contributed by atoms with Crippen molar-refractivity contribution in [2.45, 2.75) is 19.8 Å². The maximum absolute atomic E-state index is 11.9. The van der Waals surface area contributed by atoms with E-state index in [2.05, 4.69) is 6.92 Å². The number of carbonyl (C=O) groups excluding carboxylic acids is 1. The van der Waals surface area contributed by atoms with Gasteiger partial charge in [0.05, 0.1) is 5.56 Å². The third kappa shape index (κ3) is 2.95. The van der Waals surface area contributed by atoms with E-state index in [-0.39, 0.29) is 11.5 Å². The Labute approximate surface area is 95.5 Å². The van der Waals surface area contributed by atoms with Crippen LogP contribution in [-0.2, 0) is 7.05 Å². The average Bonchev–Trinajstić information content (AvgIpc) is 2.28. The molecule has 16 heavy (non-hydrogen) atoms. The Morgan fingerprint density at radius 3 is 2.69 bits per heavy atom. The molecule has 4 heteroatoms. The minimum Gasteiger partial charge on any atom is -0.342 e. The van der Waals surface area contributed by atoms with Crippen LogP contribution < -0.4 is 5.56 Å². The number of hydrogen-bond acceptors (Lipinski definition) is 2. The standard InChI is InChI=1S/C12H18N2O2/c1-4-5-8-13(2)12(16)10-6-7-11(15)14(3)9-10/h6-7,9H,4-5,8H2,1-3H3. The lowest BCUT2D eigenvalue weighted by Crippen LogP contribution is -2.29. The van der Waals surface area contributed by atoms with Crippen LogP contribution in [0.4, 0.5) is 0 Å². The van der Waals surface area contributed by atoms with E-state index in [1.807, 2.05) is 0 Å². The summed E-state index contributed by atoms with van der Waals surface area (Å²) >= 11 is 0. The van der Waals surface area contributed by atoms with Crippen LogP contribution in [0.25, 0.3) is 0 Å². The first-order valence-corrected chi connectivity index (χ1v) is 5.48. The fourth-order valence-electron chi connectivity index (χ4n) is 1.44. The van der Waals surface area contributed by atoms with E-state index in [0.717, 1.165) is 19.4 Å². The van der Waals surface area contributed by atoms with Gasteiger partial charge in [-0.15, -0.1) is 0 Å². The Kier molecular flexibility index (Phi) is 4.28. The van der Waals surface area contributed by atoms with E-state index >= 15 is 0 Å². The minimum atomic E-state index is -0.104. The Morgan fingerprint density at radius 1 is 1.44 bits per heavy atom. The van der Waals surface area contributed by atoms with Crippen molar-refractivity contribution in [3.8, 4) is 0 Å². The van der Waals surface area contributed by atoms with Crippen LogP contribution in [0, 0.1) is 0 Å². The lowest BCUT2D eigenvalue weighted by Gasteiger charge is -2.16. The number of nitrogens with zero attached hydrogens (tertiary/aromatic N) is 2. The van der Waals surface area contributed by atoms with E-state index in [0.29, 0.717) is 5.56 Å². The minimum absolute atomic E-state index is 0.0379. The molecule has 4 nitrogen and oxygen atoms in total. The summed E-state index contributed by atoms with van der Waals surface area (Å²) in [5.74, 6) is -0.0379. The lowest BCUT2D eigenvalue weighted by molar-refractivity contribution is 0.0792. The van der Waals surface area contributed by atoms with Crippen molar-refractivity contribution in [2.75, 3.05) is 13.6 Å². The zero-order chi connectivity index (χ0) is 12.1. The van der Waals surface area contributed by atoms with Gasteiger partial charge in [-0.1, -0.05) is 13.3 Å². The van der Waals surface area contributed by atoms with Crippen molar-refractivity contribution in [3.05, 3.63) is 34.2 Å². The third-order valence-corrected chi connectivity index (χ3v) is 2.53. The van der Waals surface area contributed by atoms with E-state index in [1.54, 1.807) is 31.3 Å². The highest BCUT2D eigenvalue weighted by Crippen LogP contribution is 2.02. The molecule has 0 N–H and O–H groups in total. The van der Waals surface area contributed by atoms with Crippen molar-refractivity contribution >= 4 is 5.91 Å². The molecular weight excluding hydrogens is 204 g/mol. The van der Waals surface area contributed by atoms with Crippen LogP contribution in [0.1, 0.15) is 30.1 Å². The Hall–Kier alpha value is -1.58. The summed E-state index contributed by atoms with van der Waals surface area (Å²) in [5.41, 5.74) is 0.452. The molecule has 1 aromatic rings. The van der Waals surface area contributed by atoms with Gasteiger partial charge in [-0.2, -0.15) is 0 Å². The molecule has 0 aliphatic heterocycles. The number of pyridine rings is 1. The smallest absolute Gasteiger partial charge is 0.255 e. The fourth-order valence-corrected chi connectivity index (χ4v) is 1.44. The molecule has 0 radical (unpaired) electrons. The molecule has 0 saturated heterocycles. The van der Waals surface area contributed by atoms with Gasteiger partial charge >= 0.3 is 0 Å². The SMILES string of the molecule is CCCCN(C)C(=O)c1ccc(=O)n(C)c1. The molecule has 88 valence electrons. The number of rotatable bonds is 4. The van der Waals surface area contributed by atoms with Crippen LogP contribution in [0.15, 0.2) is 23.1 Å². The average molecular weight is 222 g/mol. The van der Waals surface area contributed by atoms with Crippen molar-refractivity contribution in [2.24, 2.45) is 7.05 Å². The van der Waals surface area contributed by atoms with Gasteiger partial charge in [0.15, 0.2) is 0 Å². The number of carbonyl (C=O) groups is 1. The van der Waals surface area contributed by atoms with Gasteiger partial charge in [-0.3, -0.25) is 9.59 Å². The van der Waals surface area contributed by atoms with Gasteiger partial charge in [-0.05, 0) is 12.5 Å². The van der Waals surface area contributed by atoms with Crippen LogP contribution in [-0.4, -0.2) is 29.0 Å². The van der Waals surface area contributed by atoms with Crippen LogP contribution in [0.2, 0.25) is 0 Å². The normalized spacial score (nSPS) is 10.2. The molecular formula is C12H18N2O2. The predicted octanol–water partition coefficient (Wildman–Crippen LogP) is 1.26. The first kappa shape index (κ1) is 12.5. The number of hydrogen-bond donors (Lipinski definition) is 0. The van der Waals surface area contributed by atoms with Crippen molar-refractivity contribution < 1.29 is 4.79 Å². The Balaban J connectivity index is 2.80. The number of unbranched alkanes of at least 4 members (excludes halogenated alkanes) is 1. The van der Waals surface area contributed by atoms with Gasteiger partial charge in [0.25, 0.3) is 5.91 Å². The second kappa shape index (κ2) is 5.49. The van der Waals surface area contributed by atoms with E-state index in [9.17, 15) is 9.59 Å². The van der Waals surface area contributed by atoms with Gasteiger partial charge in [0.1, 0.15) is 0 Å². The second-order valence-corrected chi connectivity index (χ2v) is 3.95. The molecule has 0 spiro atoms. The second-order valence-electron chi connectivity index (χ2n) is 3.95. The number of amides is 1. The monoisotopic (exact) mass is 222 g/mol. The maximum atomic E-state index is 11.9. The lowest BCUT2D eigenvalue weighted by atomic mass is 10.2. The summed E-state index contributed by atoms with van der Waals surface area (Å²) in [6.45, 7) is 2.84. The van der Waals surface area contributed by atoms with E-state index in [1.165, 1.54) is 10.6 Å². The molecule has 0 saturated carbocycles. The van der Waals surface area contributed by atoms with Crippen molar-refractivity contribution in [1.82, 2.24) is 9.47 Å². The maximum Gasteiger partial charge on any atom is 0.255 e. The molecule has 1 heterocycles. The number of aromatic nitrogens is 1. The first-order chi connectivity index (χ1) is 7.56. The molecule has 0 aromatic carbocycles. The summed E-state index contributed by atoms with van der Waals surface area (Å²) in [5, 5.41) is 0. The first-order valence-electron chi connectivity index (χ1n) is 5.48. The summed E-state index contributed by atoms with van der Waals surface area (Å²) in [4.78, 5) is 24.8. The van der Waals surface area contributed by atoms with E-state index < -0.39 is 0 Å². The molecule has 0 fully saturated rings. The zero-order valence-corrected chi connectivity index (χ0v) is 10.1. The highest BCUT2D eigenvalue weighted by Gasteiger charge is 2.11. The van der Waals surface area contributed by atoms with Gasteiger partial charge in [0, 0.05) is 32.9 Å². The Morgan fingerprint density at radius 2 is 2.12 bits per heavy atom. The van der Waals surface area contributed by atoms with E-state index in [4.69, 9.17) is 0 Å². The van der Waals surface area contributed by atoms with Crippen LogP contribution in [0.5, 0.6) is 0 Å². The highest BCUT2D eigenvalue weighted by atomic mass is 16.2. The largest absolute Gasteiger partial charge is 0.342 e. The zero-order valence-electron chi connectivity index (χ0n) is 10.1. The summed E-state index contributed by atoms with van der Waals surface area (Å²) in [7, 11) is 3.42. The van der Waals surface area contributed by atoms with Crippen molar-refractivity contribution in [3.63, 3.8) is 0 Å². The topological polar surface area (TPSA) is 42.3 Å². The molecule has 1 amide bonds. The quantitative estimate of drug-likeness (QED) is 0.769. The summed E-state index contributed by atoms with van der Waals surface area (Å²) in [6.07, 6.45) is 3.63. The van der Waals surface area contributed by atoms with Gasteiger partial charge < -0.3 is 9.47 Å². The third-order valence-electron chi connectivity index (χ3n) is 2.53. The number of aryl methyl sites for hydroxylation is 1. The Bertz CT molecular complexity index is 423. The molecule has 0 aliphatic carbocycles. The fraction of sp³-hybridized carbons (Fsp3) is 0.500. The highest BCUT2D eigenvalue weighted by molar-refractivity contribution is 5.93. The molecule has 0 atom stereocenters. The van der Waals surface area contributed by atoms with Crippen LogP contribution in [0.3, 0.4) is 0 Å². The van der Waals surface area contributed by atoms with Gasteiger partial charge in [0.2, 0.25) is 5.56 Å². The predicted molar refractivity (Wildman–Crippen MR) is 63.6 cm³/mol. The molecule has 0 unspecified atom stereocenters. The van der Waals surface area contributed by atoms with Gasteiger partial charge in [-0.25, -0.2) is 0 Å². The summed E-state index contributed by atoms with van der Waals surface area (Å²) in [6, 6.07) is 2.99. The molecule has 1 rings (SSSR count). The summed E-state index contributed by atoms with van der Waals surface area (Å²) < 4.78 is 1.42. The molecule has 1 aromatic heterocycles. The molecule has 0 bridgehead atoms. The van der Waals surface area contributed by atoms with Crippen molar-refractivity contribution in [1.29, 1.82) is 0 Å². The molecule has 0 aliphatic rings.